The predicted molar refractivity (Wildman–Crippen MR) is 80.3 cm³/mol. The summed E-state index contributed by atoms with van der Waals surface area (Å²) in [4.78, 5) is 14.1. The second kappa shape index (κ2) is 6.41. The molecule has 21 heavy (non-hydrogen) atoms. The van der Waals surface area contributed by atoms with Gasteiger partial charge < -0.3 is 15.0 Å². The topological polar surface area (TPSA) is 59.4 Å². The zero-order valence-electron chi connectivity index (χ0n) is 11.7. The van der Waals surface area contributed by atoms with Crippen LogP contribution in [0.4, 0.5) is 11.4 Å². The molecular formula is C15H18N4O2. The molecule has 0 unspecified atom stereocenters. The number of carbonyl (C=O) groups excluding carboxylic acids is 1. The van der Waals surface area contributed by atoms with Gasteiger partial charge in [0.15, 0.2) is 0 Å². The number of carbonyl (C=O) groups is 1. The number of anilines is 2. The molecule has 3 rings (SSSR count). The number of ether oxygens (including phenoxy) is 1. The van der Waals surface area contributed by atoms with Gasteiger partial charge in [0.05, 0.1) is 13.2 Å². The Kier molecular flexibility index (Phi) is 4.16. The molecule has 1 aromatic heterocycles. The highest BCUT2D eigenvalue weighted by Gasteiger charge is 2.11. The second-order valence-electron chi connectivity index (χ2n) is 4.90. The van der Waals surface area contributed by atoms with Gasteiger partial charge in [0.2, 0.25) is 5.91 Å². The highest BCUT2D eigenvalue weighted by atomic mass is 16.5. The standard InChI is InChI=1S/C15H18N4O2/c20-15(12-19-7-1-6-16-19)17-13-2-4-14(5-3-13)18-8-10-21-11-9-18/h1-7H,8-12H2,(H,17,20). The predicted octanol–water partition coefficient (Wildman–Crippen LogP) is 1.36. The van der Waals surface area contributed by atoms with Gasteiger partial charge in [0.25, 0.3) is 0 Å². The fourth-order valence-corrected chi connectivity index (χ4v) is 2.32. The van der Waals surface area contributed by atoms with E-state index in [9.17, 15) is 4.79 Å². The van der Waals surface area contributed by atoms with Gasteiger partial charge in [0, 0.05) is 36.9 Å². The minimum atomic E-state index is -0.0853. The lowest BCUT2D eigenvalue weighted by Gasteiger charge is -2.28. The molecule has 1 aliphatic heterocycles. The number of morpholine rings is 1. The Hall–Kier alpha value is -2.34. The molecule has 2 heterocycles. The molecule has 1 aromatic carbocycles. The minimum Gasteiger partial charge on any atom is -0.378 e. The van der Waals surface area contributed by atoms with Crippen molar-refractivity contribution in [3.63, 3.8) is 0 Å². The maximum absolute atomic E-state index is 11.9. The summed E-state index contributed by atoms with van der Waals surface area (Å²) in [6.45, 7) is 3.57. The van der Waals surface area contributed by atoms with Crippen LogP contribution in [0.1, 0.15) is 0 Å². The van der Waals surface area contributed by atoms with Gasteiger partial charge in [-0.1, -0.05) is 0 Å². The quantitative estimate of drug-likeness (QED) is 0.922. The Bertz CT molecular complexity index is 574. The van der Waals surface area contributed by atoms with Crippen molar-refractivity contribution >= 4 is 17.3 Å². The minimum absolute atomic E-state index is 0.0853. The van der Waals surface area contributed by atoms with Crippen LogP contribution in [0, 0.1) is 0 Å². The van der Waals surface area contributed by atoms with Gasteiger partial charge in [-0.25, -0.2) is 0 Å². The first-order valence-corrected chi connectivity index (χ1v) is 7.01. The summed E-state index contributed by atoms with van der Waals surface area (Å²) in [6, 6.07) is 9.69. The number of benzene rings is 1. The van der Waals surface area contributed by atoms with E-state index in [1.807, 2.05) is 24.3 Å². The zero-order chi connectivity index (χ0) is 14.5. The normalized spacial score (nSPS) is 15.0. The molecule has 110 valence electrons. The van der Waals surface area contributed by atoms with E-state index in [0.29, 0.717) is 0 Å². The summed E-state index contributed by atoms with van der Waals surface area (Å²) in [5, 5.41) is 6.88. The summed E-state index contributed by atoms with van der Waals surface area (Å²) in [7, 11) is 0. The van der Waals surface area contributed by atoms with Crippen LogP contribution < -0.4 is 10.2 Å². The molecule has 0 bridgehead atoms. The van der Waals surface area contributed by atoms with E-state index in [4.69, 9.17) is 4.74 Å². The van der Waals surface area contributed by atoms with Crippen molar-refractivity contribution in [2.24, 2.45) is 0 Å². The maximum Gasteiger partial charge on any atom is 0.246 e. The van der Waals surface area contributed by atoms with Crippen LogP contribution in [0.2, 0.25) is 0 Å². The van der Waals surface area contributed by atoms with Gasteiger partial charge in [-0.3, -0.25) is 9.48 Å². The number of hydrogen-bond acceptors (Lipinski definition) is 4. The van der Waals surface area contributed by atoms with Crippen LogP contribution in [0.25, 0.3) is 0 Å². The van der Waals surface area contributed by atoms with Crippen molar-refractivity contribution in [3.8, 4) is 0 Å². The molecular weight excluding hydrogens is 268 g/mol. The first-order chi connectivity index (χ1) is 10.3. The fraction of sp³-hybridized carbons (Fsp3) is 0.333. The molecule has 0 atom stereocenters. The Morgan fingerprint density at radius 2 is 2.00 bits per heavy atom. The van der Waals surface area contributed by atoms with E-state index >= 15 is 0 Å². The SMILES string of the molecule is O=C(Cn1cccn1)Nc1ccc(N2CCOCC2)cc1. The third kappa shape index (κ3) is 3.61. The Labute approximate surface area is 123 Å². The number of nitrogens with one attached hydrogen (secondary N) is 1. The average molecular weight is 286 g/mol. The number of nitrogens with zero attached hydrogens (tertiary/aromatic N) is 3. The monoisotopic (exact) mass is 286 g/mol. The average Bonchev–Trinajstić information content (AvgIpc) is 3.02. The van der Waals surface area contributed by atoms with E-state index in [1.54, 1.807) is 23.1 Å². The van der Waals surface area contributed by atoms with Crippen LogP contribution >= 0.6 is 0 Å². The molecule has 6 heteroatoms. The van der Waals surface area contributed by atoms with Crippen LogP contribution in [-0.2, 0) is 16.1 Å². The Morgan fingerprint density at radius 1 is 1.24 bits per heavy atom. The van der Waals surface area contributed by atoms with Crippen molar-refractivity contribution < 1.29 is 9.53 Å². The van der Waals surface area contributed by atoms with E-state index in [1.165, 1.54) is 0 Å². The van der Waals surface area contributed by atoms with Gasteiger partial charge in [0.1, 0.15) is 6.54 Å². The molecule has 0 saturated carbocycles. The number of hydrogen-bond donors (Lipinski definition) is 1. The van der Waals surface area contributed by atoms with Crippen LogP contribution in [0.3, 0.4) is 0 Å². The van der Waals surface area contributed by atoms with Gasteiger partial charge in [-0.05, 0) is 30.3 Å². The molecule has 1 N–H and O–H groups in total. The fourth-order valence-electron chi connectivity index (χ4n) is 2.32. The molecule has 0 spiro atoms. The van der Waals surface area contributed by atoms with Crippen LogP contribution in [-0.4, -0.2) is 42.0 Å². The van der Waals surface area contributed by atoms with Crippen molar-refractivity contribution in [3.05, 3.63) is 42.7 Å². The summed E-state index contributed by atoms with van der Waals surface area (Å²) >= 11 is 0. The third-order valence-corrected chi connectivity index (χ3v) is 3.39. The summed E-state index contributed by atoms with van der Waals surface area (Å²) < 4.78 is 6.94. The maximum atomic E-state index is 11.9. The number of aromatic nitrogens is 2. The van der Waals surface area contributed by atoms with Crippen LogP contribution in [0.15, 0.2) is 42.7 Å². The second-order valence-corrected chi connectivity index (χ2v) is 4.90. The first-order valence-electron chi connectivity index (χ1n) is 7.01. The smallest absolute Gasteiger partial charge is 0.246 e. The summed E-state index contributed by atoms with van der Waals surface area (Å²) in [6.07, 6.45) is 3.42. The van der Waals surface area contributed by atoms with Gasteiger partial charge in [-0.2, -0.15) is 5.10 Å². The van der Waals surface area contributed by atoms with E-state index in [0.717, 1.165) is 37.7 Å². The third-order valence-electron chi connectivity index (χ3n) is 3.39. The lowest BCUT2D eigenvalue weighted by molar-refractivity contribution is -0.116. The highest BCUT2D eigenvalue weighted by Crippen LogP contribution is 2.18. The van der Waals surface area contributed by atoms with Gasteiger partial charge in [-0.15, -0.1) is 0 Å². The number of rotatable bonds is 4. The van der Waals surface area contributed by atoms with Crippen molar-refractivity contribution in [2.75, 3.05) is 36.5 Å². The zero-order valence-corrected chi connectivity index (χ0v) is 11.7. The lowest BCUT2D eigenvalue weighted by Crippen LogP contribution is -2.36. The van der Waals surface area contributed by atoms with Crippen LogP contribution in [0.5, 0.6) is 0 Å². The molecule has 2 aromatic rings. The first kappa shape index (κ1) is 13.6. The molecule has 6 nitrogen and oxygen atoms in total. The lowest BCUT2D eigenvalue weighted by atomic mass is 10.2. The molecule has 1 fully saturated rings. The summed E-state index contributed by atoms with van der Waals surface area (Å²) in [5.41, 5.74) is 1.95. The number of amides is 1. The molecule has 1 aliphatic rings. The largest absolute Gasteiger partial charge is 0.378 e. The Balaban J connectivity index is 1.57. The van der Waals surface area contributed by atoms with Crippen molar-refractivity contribution in [1.29, 1.82) is 0 Å². The van der Waals surface area contributed by atoms with E-state index in [2.05, 4.69) is 15.3 Å². The molecule has 1 saturated heterocycles. The van der Waals surface area contributed by atoms with Gasteiger partial charge >= 0.3 is 0 Å². The van der Waals surface area contributed by atoms with E-state index < -0.39 is 0 Å². The molecule has 1 amide bonds. The molecule has 0 aliphatic carbocycles. The summed E-state index contributed by atoms with van der Waals surface area (Å²) in [5.74, 6) is -0.0853. The molecule has 0 radical (unpaired) electrons. The van der Waals surface area contributed by atoms with Crippen molar-refractivity contribution in [1.82, 2.24) is 9.78 Å². The Morgan fingerprint density at radius 3 is 2.67 bits per heavy atom. The highest BCUT2D eigenvalue weighted by molar-refractivity contribution is 5.90. The van der Waals surface area contributed by atoms with E-state index in [-0.39, 0.29) is 12.5 Å². The van der Waals surface area contributed by atoms with Crippen molar-refractivity contribution in [2.45, 2.75) is 6.54 Å².